The number of ketones is 1. The molecule has 0 bridgehead atoms. The molecular weight excluding hydrogens is 453 g/mol. The highest BCUT2D eigenvalue weighted by molar-refractivity contribution is 7.89. The van der Waals surface area contributed by atoms with Crippen LogP contribution in [0, 0.1) is 5.92 Å². The molecule has 3 N–H and O–H groups in total. The molecule has 0 unspecified atom stereocenters. The minimum atomic E-state index is -4.66. The number of hydrogen-bond acceptors (Lipinski definition) is 6. The maximum atomic E-state index is 12.9. The monoisotopic (exact) mass is 478 g/mol. The highest BCUT2D eigenvalue weighted by Gasteiger charge is 2.38. The van der Waals surface area contributed by atoms with E-state index in [1.165, 1.54) is 0 Å². The summed E-state index contributed by atoms with van der Waals surface area (Å²) in [5.41, 5.74) is 4.06. The van der Waals surface area contributed by atoms with Gasteiger partial charge in [-0.05, 0) is 38.3 Å². The van der Waals surface area contributed by atoms with Crippen LogP contribution in [0.1, 0.15) is 45.1 Å². The van der Waals surface area contributed by atoms with Crippen molar-refractivity contribution in [2.45, 2.75) is 62.8 Å². The van der Waals surface area contributed by atoms with Crippen LogP contribution < -0.4 is 11.1 Å². The Morgan fingerprint density at radius 1 is 1.31 bits per heavy atom. The topological polar surface area (TPSA) is 140 Å². The van der Waals surface area contributed by atoms with Crippen molar-refractivity contribution in [2.75, 3.05) is 6.54 Å². The molecule has 2 heterocycles. The number of halogens is 3. The minimum Gasteiger partial charge on any atom is -0.369 e. The van der Waals surface area contributed by atoms with E-state index < -0.39 is 68.9 Å². The average Bonchev–Trinajstić information content (AvgIpc) is 2.85. The van der Waals surface area contributed by atoms with Gasteiger partial charge in [0, 0.05) is 24.6 Å². The Bertz CT molecular complexity index is 966. The van der Waals surface area contributed by atoms with Crippen LogP contribution in [-0.4, -0.2) is 53.9 Å². The van der Waals surface area contributed by atoms with Gasteiger partial charge in [-0.1, -0.05) is 6.92 Å². The summed E-state index contributed by atoms with van der Waals surface area (Å²) >= 11 is 0. The van der Waals surface area contributed by atoms with Crippen molar-refractivity contribution in [3.8, 4) is 0 Å². The number of carbonyl (C=O) groups is 3. The van der Waals surface area contributed by atoms with Gasteiger partial charge >= 0.3 is 6.18 Å². The number of nitrogens with one attached hydrogen (secondary N) is 1. The molecule has 1 aliphatic rings. The summed E-state index contributed by atoms with van der Waals surface area (Å²) < 4.78 is 64.9. The molecule has 178 valence electrons. The van der Waals surface area contributed by atoms with Gasteiger partial charge in [0.1, 0.15) is 0 Å². The zero-order chi connectivity index (χ0) is 24.3. The van der Waals surface area contributed by atoms with Crippen molar-refractivity contribution in [3.63, 3.8) is 0 Å². The fourth-order valence-electron chi connectivity index (χ4n) is 3.18. The number of pyridine rings is 1. The molecule has 1 fully saturated rings. The van der Waals surface area contributed by atoms with Crippen LogP contribution >= 0.6 is 0 Å². The predicted octanol–water partition coefficient (Wildman–Crippen LogP) is 1.23. The standard InChI is InChI=1S/C19H25F3N4O5S/c1-11(18(23)29)3-7-16(28)25-14-6-4-12(2)26(10-15(14)27)32(30,31)17-8-5-13(9-24-17)19(20,21)22/h5,8-9,11-12,14H,3-4,6-7,10H2,1-2H3,(H2,23,29)(H,25,28)/t11-,12+,14-/m0/s1. The Morgan fingerprint density at radius 3 is 2.50 bits per heavy atom. The summed E-state index contributed by atoms with van der Waals surface area (Å²) in [6.45, 7) is 2.58. The Labute approximate surface area is 183 Å². The number of amides is 2. The highest BCUT2D eigenvalue weighted by atomic mass is 32.2. The van der Waals surface area contributed by atoms with Crippen molar-refractivity contribution in [2.24, 2.45) is 11.7 Å². The lowest BCUT2D eigenvalue weighted by Gasteiger charge is -2.25. The summed E-state index contributed by atoms with van der Waals surface area (Å²) in [7, 11) is -4.34. The number of alkyl halides is 3. The third-order valence-corrected chi connectivity index (χ3v) is 7.20. The van der Waals surface area contributed by atoms with Crippen LogP contribution in [-0.2, 0) is 30.6 Å². The third kappa shape index (κ3) is 6.25. The summed E-state index contributed by atoms with van der Waals surface area (Å²) in [5, 5.41) is 1.95. The second-order valence-electron chi connectivity index (χ2n) is 7.79. The molecule has 13 heteroatoms. The Morgan fingerprint density at radius 2 is 1.97 bits per heavy atom. The van der Waals surface area contributed by atoms with Crippen LogP contribution in [0.25, 0.3) is 0 Å². The molecule has 3 atom stereocenters. The minimum absolute atomic E-state index is 0.0269. The van der Waals surface area contributed by atoms with Gasteiger partial charge in [0.2, 0.25) is 11.8 Å². The van der Waals surface area contributed by atoms with Crippen LogP contribution in [0.4, 0.5) is 13.2 Å². The number of nitrogens with two attached hydrogens (primary N) is 1. The van der Waals surface area contributed by atoms with Gasteiger partial charge in [-0.25, -0.2) is 13.4 Å². The van der Waals surface area contributed by atoms with Gasteiger partial charge in [-0.3, -0.25) is 14.4 Å². The molecule has 0 radical (unpaired) electrons. The maximum absolute atomic E-state index is 12.9. The van der Waals surface area contributed by atoms with Gasteiger partial charge in [0.25, 0.3) is 10.0 Å². The zero-order valence-corrected chi connectivity index (χ0v) is 18.4. The number of aromatic nitrogens is 1. The highest BCUT2D eigenvalue weighted by Crippen LogP contribution is 2.30. The van der Waals surface area contributed by atoms with Crippen molar-refractivity contribution >= 4 is 27.6 Å². The molecular formula is C19H25F3N4O5S. The number of carbonyl (C=O) groups excluding carboxylic acids is 3. The van der Waals surface area contributed by atoms with Gasteiger partial charge < -0.3 is 11.1 Å². The predicted molar refractivity (Wildman–Crippen MR) is 106 cm³/mol. The zero-order valence-electron chi connectivity index (χ0n) is 17.6. The van der Waals surface area contributed by atoms with E-state index in [0.29, 0.717) is 12.3 Å². The first-order valence-electron chi connectivity index (χ1n) is 9.90. The molecule has 1 aromatic heterocycles. The van der Waals surface area contributed by atoms with Gasteiger partial charge in [-0.15, -0.1) is 0 Å². The van der Waals surface area contributed by atoms with E-state index in [1.54, 1.807) is 13.8 Å². The molecule has 32 heavy (non-hydrogen) atoms. The molecule has 1 aromatic rings. The van der Waals surface area contributed by atoms with E-state index in [4.69, 9.17) is 5.73 Å². The molecule has 0 aliphatic carbocycles. The lowest BCUT2D eigenvalue weighted by Crippen LogP contribution is -2.45. The quantitative estimate of drug-likeness (QED) is 0.604. The van der Waals surface area contributed by atoms with Crippen LogP contribution in [0.3, 0.4) is 0 Å². The largest absolute Gasteiger partial charge is 0.417 e. The van der Waals surface area contributed by atoms with E-state index in [-0.39, 0.29) is 25.7 Å². The SMILES string of the molecule is C[C@@H]1CC[C@H](NC(=O)CC[C@H](C)C(N)=O)C(=O)CN1S(=O)(=O)c1ccc(C(F)(F)F)cn1. The summed E-state index contributed by atoms with van der Waals surface area (Å²) in [5.74, 6) is -2.08. The summed E-state index contributed by atoms with van der Waals surface area (Å²) in [6.07, 6.45) is -3.65. The molecule has 1 saturated heterocycles. The number of nitrogens with zero attached hydrogens (tertiary/aromatic N) is 2. The Hall–Kier alpha value is -2.54. The Balaban J connectivity index is 2.11. The van der Waals surface area contributed by atoms with Crippen molar-refractivity contribution in [3.05, 3.63) is 23.9 Å². The fraction of sp³-hybridized carbons (Fsp3) is 0.579. The van der Waals surface area contributed by atoms with Gasteiger partial charge in [0.05, 0.1) is 18.2 Å². The smallest absolute Gasteiger partial charge is 0.369 e. The average molecular weight is 478 g/mol. The molecule has 0 aromatic carbocycles. The first-order valence-corrected chi connectivity index (χ1v) is 11.3. The van der Waals surface area contributed by atoms with E-state index in [1.807, 2.05) is 0 Å². The summed E-state index contributed by atoms with van der Waals surface area (Å²) in [4.78, 5) is 39.3. The van der Waals surface area contributed by atoms with Crippen LogP contribution in [0.15, 0.2) is 23.4 Å². The second-order valence-corrected chi connectivity index (χ2v) is 9.63. The lowest BCUT2D eigenvalue weighted by atomic mass is 10.0. The first kappa shape index (κ1) is 25.7. The molecule has 0 saturated carbocycles. The fourth-order valence-corrected chi connectivity index (χ4v) is 4.73. The molecule has 2 rings (SSSR count). The van der Waals surface area contributed by atoms with Crippen molar-refractivity contribution in [1.82, 2.24) is 14.6 Å². The van der Waals surface area contributed by atoms with Gasteiger partial charge in [0.15, 0.2) is 10.8 Å². The number of hydrogen-bond donors (Lipinski definition) is 2. The van der Waals surface area contributed by atoms with E-state index >= 15 is 0 Å². The first-order chi connectivity index (χ1) is 14.7. The molecule has 1 aliphatic heterocycles. The van der Waals surface area contributed by atoms with Crippen molar-refractivity contribution < 1.29 is 36.0 Å². The number of rotatable bonds is 7. The van der Waals surface area contributed by atoms with E-state index in [2.05, 4.69) is 10.3 Å². The van der Waals surface area contributed by atoms with Crippen LogP contribution in [0.2, 0.25) is 0 Å². The Kier molecular flexibility index (Phi) is 7.99. The normalized spacial score (nSPS) is 21.6. The number of sulfonamides is 1. The molecule has 2 amide bonds. The van der Waals surface area contributed by atoms with E-state index in [0.717, 1.165) is 10.4 Å². The molecule has 9 nitrogen and oxygen atoms in total. The maximum Gasteiger partial charge on any atom is 0.417 e. The third-order valence-electron chi connectivity index (χ3n) is 5.33. The number of Topliss-reactive ketones (excluding diaryl/α,β-unsaturated/α-hetero) is 1. The van der Waals surface area contributed by atoms with Crippen molar-refractivity contribution in [1.29, 1.82) is 0 Å². The molecule has 0 spiro atoms. The second kappa shape index (κ2) is 9.94. The van der Waals surface area contributed by atoms with Gasteiger partial charge in [-0.2, -0.15) is 17.5 Å². The van der Waals surface area contributed by atoms with E-state index in [9.17, 15) is 36.0 Å². The van der Waals surface area contributed by atoms with Crippen LogP contribution in [0.5, 0.6) is 0 Å². The number of primary amides is 1. The lowest BCUT2D eigenvalue weighted by molar-refractivity contribution is -0.138. The summed E-state index contributed by atoms with van der Waals surface area (Å²) in [6, 6.07) is -0.209.